The number of pyridine rings is 1. The molecule has 7 heteroatoms. The molecule has 1 unspecified atom stereocenters. The van der Waals surface area contributed by atoms with Crippen LogP contribution < -0.4 is 10.9 Å². The second-order valence-corrected chi connectivity index (χ2v) is 8.39. The smallest absolute Gasteiger partial charge is 0.267 e. The summed E-state index contributed by atoms with van der Waals surface area (Å²) in [5.41, 5.74) is 3.40. The summed E-state index contributed by atoms with van der Waals surface area (Å²) in [5, 5.41) is 8.18. The zero-order valence-electron chi connectivity index (χ0n) is 15.6. The number of piperidine rings is 1. The number of anilines is 1. The van der Waals surface area contributed by atoms with E-state index in [-0.39, 0.29) is 5.56 Å². The molecule has 2 aliphatic heterocycles. The Morgan fingerprint density at radius 3 is 3.00 bits per heavy atom. The van der Waals surface area contributed by atoms with Gasteiger partial charge in [-0.25, -0.2) is 4.68 Å². The first-order chi connectivity index (χ1) is 13.3. The van der Waals surface area contributed by atoms with Crippen LogP contribution in [-0.2, 0) is 18.7 Å². The maximum Gasteiger partial charge on any atom is 0.267 e. The number of fused-ring (bicyclic) bond motifs is 1. The van der Waals surface area contributed by atoms with Crippen LogP contribution in [0, 0.1) is 0 Å². The van der Waals surface area contributed by atoms with Crippen LogP contribution in [0.5, 0.6) is 0 Å². The molecular formula is C20H27N5OS. The zero-order chi connectivity index (χ0) is 18.5. The van der Waals surface area contributed by atoms with E-state index >= 15 is 0 Å². The van der Waals surface area contributed by atoms with Crippen LogP contribution >= 0.6 is 11.8 Å². The SMILES string of the molecule is O=c1cc2c(nn1CCN1CCCCC1CNc1ccncc1)CCSC2. The van der Waals surface area contributed by atoms with Crippen LogP contribution in [0.15, 0.2) is 35.4 Å². The molecule has 4 rings (SSSR count). The summed E-state index contributed by atoms with van der Waals surface area (Å²) in [6, 6.07) is 6.30. The number of nitrogens with zero attached hydrogens (tertiary/aromatic N) is 4. The summed E-state index contributed by atoms with van der Waals surface area (Å²) >= 11 is 1.88. The second kappa shape index (κ2) is 8.89. The number of rotatable bonds is 6. The standard InChI is InChI=1S/C20H27N5OS/c26-20-13-16-15-27-12-6-19(16)23-25(20)11-10-24-9-2-1-3-18(24)14-22-17-4-7-21-8-5-17/h4-5,7-8,13,18H,1-3,6,9-12,14-15H2,(H,21,22). The lowest BCUT2D eigenvalue weighted by Gasteiger charge is -2.36. The summed E-state index contributed by atoms with van der Waals surface area (Å²) in [4.78, 5) is 19.0. The Labute approximate surface area is 164 Å². The molecule has 2 aliphatic rings. The van der Waals surface area contributed by atoms with Crippen LogP contribution in [0.4, 0.5) is 5.69 Å². The molecule has 0 spiro atoms. The molecule has 0 amide bonds. The number of aromatic nitrogens is 3. The number of nitrogens with one attached hydrogen (secondary N) is 1. The van der Waals surface area contributed by atoms with Gasteiger partial charge in [-0.05, 0) is 42.8 Å². The lowest BCUT2D eigenvalue weighted by molar-refractivity contribution is 0.148. The van der Waals surface area contributed by atoms with Crippen molar-refractivity contribution >= 4 is 17.4 Å². The van der Waals surface area contributed by atoms with Crippen LogP contribution in [0.25, 0.3) is 0 Å². The quantitative estimate of drug-likeness (QED) is 0.824. The molecule has 27 heavy (non-hydrogen) atoms. The fourth-order valence-electron chi connectivity index (χ4n) is 3.93. The summed E-state index contributed by atoms with van der Waals surface area (Å²) < 4.78 is 1.68. The molecule has 0 saturated carbocycles. The highest BCUT2D eigenvalue weighted by atomic mass is 32.2. The number of aryl methyl sites for hydroxylation is 1. The number of hydrogen-bond acceptors (Lipinski definition) is 6. The first-order valence-corrected chi connectivity index (χ1v) is 11.0. The van der Waals surface area contributed by atoms with Gasteiger partial charge in [-0.1, -0.05) is 6.42 Å². The van der Waals surface area contributed by atoms with Gasteiger partial charge in [0.05, 0.1) is 12.2 Å². The third kappa shape index (κ3) is 4.71. The van der Waals surface area contributed by atoms with E-state index < -0.39 is 0 Å². The van der Waals surface area contributed by atoms with Gasteiger partial charge in [0.2, 0.25) is 0 Å². The molecular weight excluding hydrogens is 358 g/mol. The van der Waals surface area contributed by atoms with Gasteiger partial charge in [0.25, 0.3) is 5.56 Å². The molecule has 6 nitrogen and oxygen atoms in total. The van der Waals surface area contributed by atoms with Gasteiger partial charge in [-0.3, -0.25) is 14.7 Å². The Morgan fingerprint density at radius 1 is 1.22 bits per heavy atom. The van der Waals surface area contributed by atoms with Crippen molar-refractivity contribution in [2.75, 3.05) is 30.7 Å². The van der Waals surface area contributed by atoms with Crippen molar-refractivity contribution in [3.05, 3.63) is 52.2 Å². The van der Waals surface area contributed by atoms with Gasteiger partial charge in [0.15, 0.2) is 0 Å². The van der Waals surface area contributed by atoms with Crippen molar-refractivity contribution in [2.45, 2.75) is 44.0 Å². The fourth-order valence-corrected chi connectivity index (χ4v) is 4.88. The maximum atomic E-state index is 12.4. The van der Waals surface area contributed by atoms with Gasteiger partial charge in [0, 0.05) is 55.5 Å². The molecule has 144 valence electrons. The summed E-state index contributed by atoms with van der Waals surface area (Å²) in [6.07, 6.45) is 8.30. The van der Waals surface area contributed by atoms with Crippen LogP contribution in [0.1, 0.15) is 30.5 Å². The Balaban J connectivity index is 1.38. The van der Waals surface area contributed by atoms with Crippen molar-refractivity contribution in [1.29, 1.82) is 0 Å². The average Bonchev–Trinajstić information content (AvgIpc) is 2.72. The van der Waals surface area contributed by atoms with Gasteiger partial charge < -0.3 is 5.32 Å². The summed E-state index contributed by atoms with van der Waals surface area (Å²) in [5.74, 6) is 2.03. The van der Waals surface area contributed by atoms with E-state index in [2.05, 4.69) is 20.3 Å². The zero-order valence-corrected chi connectivity index (χ0v) is 16.5. The lowest BCUT2D eigenvalue weighted by Crippen LogP contribution is -2.45. The molecule has 2 aromatic heterocycles. The van der Waals surface area contributed by atoms with Crippen molar-refractivity contribution < 1.29 is 0 Å². The first kappa shape index (κ1) is 18.5. The number of thioether (sulfide) groups is 1. The minimum atomic E-state index is 0.0414. The van der Waals surface area contributed by atoms with Crippen molar-refractivity contribution in [3.8, 4) is 0 Å². The Hall–Kier alpha value is -1.86. The Bertz CT molecular complexity index is 810. The Morgan fingerprint density at radius 2 is 2.11 bits per heavy atom. The van der Waals surface area contributed by atoms with E-state index in [0.717, 1.165) is 54.5 Å². The minimum absolute atomic E-state index is 0.0414. The fraction of sp³-hybridized carbons (Fsp3) is 0.550. The molecule has 4 heterocycles. The second-order valence-electron chi connectivity index (χ2n) is 7.28. The molecule has 0 radical (unpaired) electrons. The average molecular weight is 386 g/mol. The van der Waals surface area contributed by atoms with E-state index in [9.17, 15) is 4.79 Å². The van der Waals surface area contributed by atoms with Crippen LogP contribution in [0.2, 0.25) is 0 Å². The maximum absolute atomic E-state index is 12.4. The highest BCUT2D eigenvalue weighted by Crippen LogP contribution is 2.21. The third-order valence-electron chi connectivity index (χ3n) is 5.48. The normalized spacial score (nSPS) is 20.2. The summed E-state index contributed by atoms with van der Waals surface area (Å²) in [7, 11) is 0. The van der Waals surface area contributed by atoms with Crippen LogP contribution in [-0.4, -0.2) is 51.1 Å². The van der Waals surface area contributed by atoms with Gasteiger partial charge in [0.1, 0.15) is 0 Å². The number of likely N-dealkylation sites (tertiary alicyclic amines) is 1. The molecule has 2 aromatic rings. The predicted octanol–water partition coefficient (Wildman–Crippen LogP) is 2.39. The van der Waals surface area contributed by atoms with Gasteiger partial charge in [-0.2, -0.15) is 16.9 Å². The summed E-state index contributed by atoms with van der Waals surface area (Å²) in [6.45, 7) is 3.57. The molecule has 1 atom stereocenters. The molecule has 1 fully saturated rings. The predicted molar refractivity (Wildman–Crippen MR) is 110 cm³/mol. The first-order valence-electron chi connectivity index (χ1n) is 9.85. The lowest BCUT2D eigenvalue weighted by atomic mass is 10.0. The molecule has 1 N–H and O–H groups in total. The monoisotopic (exact) mass is 385 g/mol. The van der Waals surface area contributed by atoms with E-state index in [1.54, 1.807) is 10.7 Å². The third-order valence-corrected chi connectivity index (χ3v) is 6.48. The minimum Gasteiger partial charge on any atom is -0.383 e. The topological polar surface area (TPSA) is 63.1 Å². The van der Waals surface area contributed by atoms with E-state index in [0.29, 0.717) is 12.6 Å². The highest BCUT2D eigenvalue weighted by molar-refractivity contribution is 7.98. The van der Waals surface area contributed by atoms with Crippen molar-refractivity contribution in [2.24, 2.45) is 0 Å². The Kier molecular flexibility index (Phi) is 6.09. The molecule has 0 bridgehead atoms. The molecule has 0 aromatic carbocycles. The van der Waals surface area contributed by atoms with E-state index in [4.69, 9.17) is 0 Å². The molecule has 1 saturated heterocycles. The highest BCUT2D eigenvalue weighted by Gasteiger charge is 2.22. The van der Waals surface area contributed by atoms with E-state index in [1.165, 1.54) is 19.3 Å². The van der Waals surface area contributed by atoms with Gasteiger partial charge >= 0.3 is 0 Å². The largest absolute Gasteiger partial charge is 0.383 e. The van der Waals surface area contributed by atoms with Gasteiger partial charge in [-0.15, -0.1) is 0 Å². The van der Waals surface area contributed by atoms with Crippen molar-refractivity contribution in [1.82, 2.24) is 19.7 Å². The van der Waals surface area contributed by atoms with Crippen LogP contribution in [0.3, 0.4) is 0 Å². The van der Waals surface area contributed by atoms with E-state index in [1.807, 2.05) is 36.3 Å². The number of hydrogen-bond donors (Lipinski definition) is 1. The molecule has 0 aliphatic carbocycles. The van der Waals surface area contributed by atoms with Crippen molar-refractivity contribution in [3.63, 3.8) is 0 Å².